The average molecular weight is 341 g/mol. The van der Waals surface area contributed by atoms with Crippen LogP contribution in [0.4, 0.5) is 0 Å². The molecule has 1 N–H and O–H groups in total. The Bertz CT molecular complexity index is 887. The molecular weight excluding hydrogens is 322 g/mol. The van der Waals surface area contributed by atoms with Crippen LogP contribution in [0, 0.1) is 0 Å². The number of hydrogen-bond donors (Lipinski definition) is 1. The molecule has 0 unspecified atom stereocenters. The third-order valence-corrected chi connectivity index (χ3v) is 4.22. The second kappa shape index (κ2) is 6.60. The van der Waals surface area contributed by atoms with Crippen LogP contribution < -0.4 is 0 Å². The van der Waals surface area contributed by atoms with E-state index in [1.165, 1.54) is 0 Å². The van der Waals surface area contributed by atoms with E-state index in [1.54, 1.807) is 34.0 Å². The molecule has 0 bridgehead atoms. The number of rotatable bonds is 4. The Kier molecular flexibility index (Phi) is 4.14. The molecule has 1 saturated heterocycles. The van der Waals surface area contributed by atoms with Gasteiger partial charge in [0.15, 0.2) is 11.5 Å². The van der Waals surface area contributed by atoms with E-state index in [0.717, 1.165) is 18.7 Å². The van der Waals surface area contributed by atoms with E-state index in [4.69, 9.17) is 4.74 Å². The van der Waals surface area contributed by atoms with Gasteiger partial charge in [0.05, 0.1) is 18.7 Å². The molecule has 1 aliphatic heterocycles. The number of ether oxygens (including phenoxy) is 1. The minimum Gasteiger partial charge on any atom is -0.366 e. The molecule has 3 aromatic heterocycles. The van der Waals surface area contributed by atoms with Gasteiger partial charge in [0.2, 0.25) is 0 Å². The summed E-state index contributed by atoms with van der Waals surface area (Å²) in [4.78, 5) is 19.1. The second-order valence-corrected chi connectivity index (χ2v) is 6.02. The zero-order valence-corrected chi connectivity index (χ0v) is 13.9. The van der Waals surface area contributed by atoms with Gasteiger partial charge in [0.1, 0.15) is 18.3 Å². The zero-order chi connectivity index (χ0) is 17.2. The molecule has 0 spiro atoms. The summed E-state index contributed by atoms with van der Waals surface area (Å²) in [5.41, 5.74) is 1.30. The number of aromatic nitrogens is 6. The van der Waals surface area contributed by atoms with Crippen molar-refractivity contribution in [3.63, 3.8) is 0 Å². The van der Waals surface area contributed by atoms with Crippen LogP contribution in [-0.4, -0.2) is 60.3 Å². The molecule has 0 aromatic carbocycles. The van der Waals surface area contributed by atoms with E-state index in [2.05, 4.69) is 32.3 Å². The molecule has 1 atom stereocenters. The van der Waals surface area contributed by atoms with Gasteiger partial charge in [-0.3, -0.25) is 14.3 Å². The number of carbonyl (C=O) groups excluding carboxylic acids is 1. The molecule has 0 aliphatic carbocycles. The first-order chi connectivity index (χ1) is 12.2. The zero-order valence-electron chi connectivity index (χ0n) is 13.9. The van der Waals surface area contributed by atoms with Crippen LogP contribution in [0.5, 0.6) is 0 Å². The molecule has 0 radical (unpaired) electrons. The fourth-order valence-electron chi connectivity index (χ4n) is 2.93. The molecule has 1 fully saturated rings. The number of hydrogen-bond acceptors (Lipinski definition) is 6. The summed E-state index contributed by atoms with van der Waals surface area (Å²) in [6.45, 7) is 3.53. The van der Waals surface area contributed by atoms with Crippen LogP contribution in [0.25, 0.3) is 5.65 Å². The standard InChI is InChI=1S/C16H19N7O2/c1-2-3-13-18-15(21-19-13)12-9-22(6-7-25-12)16(24)11-4-5-14-20-17-10-23(14)8-11/h4-5,8,10,12H,2-3,6-7,9H2,1H3,(H,18,19,21)/t12-/m0/s1. The number of carbonyl (C=O) groups is 1. The number of nitrogens with one attached hydrogen (secondary N) is 1. The molecule has 3 aromatic rings. The summed E-state index contributed by atoms with van der Waals surface area (Å²) in [5.74, 6) is 1.41. The summed E-state index contributed by atoms with van der Waals surface area (Å²) in [7, 11) is 0. The number of pyridine rings is 1. The van der Waals surface area contributed by atoms with Crippen molar-refractivity contribution in [3.05, 3.63) is 41.9 Å². The van der Waals surface area contributed by atoms with Crippen molar-refractivity contribution in [1.82, 2.24) is 34.7 Å². The number of fused-ring (bicyclic) bond motifs is 1. The number of morpholine rings is 1. The van der Waals surface area contributed by atoms with Crippen LogP contribution in [0.15, 0.2) is 24.7 Å². The van der Waals surface area contributed by atoms with Gasteiger partial charge in [-0.25, -0.2) is 4.98 Å². The van der Waals surface area contributed by atoms with E-state index < -0.39 is 0 Å². The Hall–Kier alpha value is -2.81. The fourth-order valence-corrected chi connectivity index (χ4v) is 2.93. The van der Waals surface area contributed by atoms with E-state index in [-0.39, 0.29) is 12.0 Å². The molecule has 1 aliphatic rings. The summed E-state index contributed by atoms with van der Waals surface area (Å²) >= 11 is 0. The van der Waals surface area contributed by atoms with Gasteiger partial charge in [0, 0.05) is 19.2 Å². The topological polar surface area (TPSA) is 101 Å². The smallest absolute Gasteiger partial charge is 0.255 e. The van der Waals surface area contributed by atoms with Crippen molar-refractivity contribution >= 4 is 11.6 Å². The Morgan fingerprint density at radius 3 is 3.24 bits per heavy atom. The monoisotopic (exact) mass is 341 g/mol. The summed E-state index contributed by atoms with van der Waals surface area (Å²) in [5, 5.41) is 15.0. The minimum absolute atomic E-state index is 0.0479. The third-order valence-electron chi connectivity index (χ3n) is 4.22. The van der Waals surface area contributed by atoms with E-state index in [0.29, 0.717) is 36.7 Å². The van der Waals surface area contributed by atoms with Crippen LogP contribution in [0.2, 0.25) is 0 Å². The average Bonchev–Trinajstić information content (AvgIpc) is 3.30. The Morgan fingerprint density at radius 2 is 2.36 bits per heavy atom. The molecule has 0 saturated carbocycles. The second-order valence-electron chi connectivity index (χ2n) is 6.02. The Labute approximate surface area is 144 Å². The maximum Gasteiger partial charge on any atom is 0.255 e. The lowest BCUT2D eigenvalue weighted by atomic mass is 10.2. The number of aromatic amines is 1. The molecular formula is C16H19N7O2. The van der Waals surface area contributed by atoms with Crippen LogP contribution >= 0.6 is 0 Å². The van der Waals surface area contributed by atoms with Gasteiger partial charge in [0.25, 0.3) is 5.91 Å². The molecule has 4 heterocycles. The van der Waals surface area contributed by atoms with E-state index in [1.807, 2.05) is 0 Å². The summed E-state index contributed by atoms with van der Waals surface area (Å²) in [6.07, 6.45) is 4.86. The first-order valence-corrected chi connectivity index (χ1v) is 8.36. The number of nitrogens with zero attached hydrogens (tertiary/aromatic N) is 6. The van der Waals surface area contributed by atoms with E-state index in [9.17, 15) is 4.79 Å². The van der Waals surface area contributed by atoms with Gasteiger partial charge >= 0.3 is 0 Å². The third kappa shape index (κ3) is 3.10. The number of amides is 1. The molecule has 25 heavy (non-hydrogen) atoms. The van der Waals surface area contributed by atoms with Gasteiger partial charge in [-0.2, -0.15) is 5.10 Å². The largest absolute Gasteiger partial charge is 0.366 e. The van der Waals surface area contributed by atoms with Gasteiger partial charge in [-0.1, -0.05) is 6.92 Å². The molecule has 9 heteroatoms. The first kappa shape index (κ1) is 15.7. The van der Waals surface area contributed by atoms with Crippen LogP contribution in [-0.2, 0) is 11.2 Å². The highest BCUT2D eigenvalue weighted by Gasteiger charge is 2.28. The van der Waals surface area contributed by atoms with Crippen molar-refractivity contribution in [2.75, 3.05) is 19.7 Å². The lowest BCUT2D eigenvalue weighted by Crippen LogP contribution is -2.42. The Balaban J connectivity index is 1.50. The quantitative estimate of drug-likeness (QED) is 0.760. The molecule has 9 nitrogen and oxygen atoms in total. The van der Waals surface area contributed by atoms with E-state index >= 15 is 0 Å². The lowest BCUT2D eigenvalue weighted by molar-refractivity contribution is -0.0267. The van der Waals surface area contributed by atoms with Gasteiger partial charge in [-0.05, 0) is 18.6 Å². The lowest BCUT2D eigenvalue weighted by Gasteiger charge is -2.31. The Morgan fingerprint density at radius 1 is 1.44 bits per heavy atom. The van der Waals surface area contributed by atoms with Crippen molar-refractivity contribution < 1.29 is 9.53 Å². The van der Waals surface area contributed by atoms with Crippen LogP contribution in [0.1, 0.15) is 41.5 Å². The van der Waals surface area contributed by atoms with Gasteiger partial charge in [-0.15, -0.1) is 10.2 Å². The number of H-pyrrole nitrogens is 1. The maximum atomic E-state index is 12.8. The predicted molar refractivity (Wildman–Crippen MR) is 88.0 cm³/mol. The maximum absolute atomic E-state index is 12.8. The number of aryl methyl sites for hydroxylation is 1. The van der Waals surface area contributed by atoms with Crippen LogP contribution in [0.3, 0.4) is 0 Å². The molecule has 1 amide bonds. The fraction of sp³-hybridized carbons (Fsp3) is 0.438. The highest BCUT2D eigenvalue weighted by atomic mass is 16.5. The van der Waals surface area contributed by atoms with Crippen molar-refractivity contribution in [2.24, 2.45) is 0 Å². The first-order valence-electron chi connectivity index (χ1n) is 8.36. The van der Waals surface area contributed by atoms with Crippen molar-refractivity contribution in [1.29, 1.82) is 0 Å². The molecule has 130 valence electrons. The normalized spacial score (nSPS) is 18.0. The van der Waals surface area contributed by atoms with Gasteiger partial charge < -0.3 is 9.64 Å². The SMILES string of the molecule is CCCc1nc([C@@H]2CN(C(=O)c3ccc4nncn4c3)CCO2)n[nH]1. The van der Waals surface area contributed by atoms with Crippen molar-refractivity contribution in [3.8, 4) is 0 Å². The highest BCUT2D eigenvalue weighted by molar-refractivity contribution is 5.94. The highest BCUT2D eigenvalue weighted by Crippen LogP contribution is 2.21. The summed E-state index contributed by atoms with van der Waals surface area (Å²) in [6, 6.07) is 3.55. The minimum atomic E-state index is -0.307. The molecule has 4 rings (SSSR count). The predicted octanol–water partition coefficient (Wildman–Crippen LogP) is 1.01. The van der Waals surface area contributed by atoms with Crippen molar-refractivity contribution in [2.45, 2.75) is 25.9 Å². The summed E-state index contributed by atoms with van der Waals surface area (Å²) < 4.78 is 7.50.